The van der Waals surface area contributed by atoms with E-state index in [1.807, 2.05) is 0 Å². The number of rotatable bonds is 32. The summed E-state index contributed by atoms with van der Waals surface area (Å²) in [5.41, 5.74) is 27.7. The molecule has 402 valence electrons. The van der Waals surface area contributed by atoms with E-state index < -0.39 is 120 Å². The third-order valence-electron chi connectivity index (χ3n) is 10.4. The maximum Gasteiger partial charge on any atom is 0.325 e. The first kappa shape index (κ1) is 62.4. The minimum absolute atomic E-state index is 0.0242. The third-order valence-corrected chi connectivity index (χ3v) is 10.4. The van der Waals surface area contributed by atoms with Gasteiger partial charge in [0, 0.05) is 19.5 Å². The maximum atomic E-state index is 14.2. The van der Waals surface area contributed by atoms with Crippen molar-refractivity contribution in [1.82, 2.24) is 47.9 Å². The number of guanidine groups is 2. The summed E-state index contributed by atoms with van der Waals surface area (Å²) in [6.45, 7) is 7.64. The lowest BCUT2D eigenvalue weighted by molar-refractivity contribution is -0.141. The van der Waals surface area contributed by atoms with Crippen molar-refractivity contribution in [2.45, 2.75) is 135 Å². The van der Waals surface area contributed by atoms with E-state index in [0.717, 1.165) is 0 Å². The largest absolute Gasteiger partial charge is 0.480 e. The number of aliphatic hydroxyl groups is 1. The number of benzene rings is 1. The molecule has 9 atom stereocenters. The lowest BCUT2D eigenvalue weighted by atomic mass is 10.0. The van der Waals surface area contributed by atoms with Crippen LogP contribution in [0.4, 0.5) is 0 Å². The monoisotopic (exact) mass is 1020 g/mol. The third kappa shape index (κ3) is 24.8. The lowest BCUT2D eigenvalue weighted by Gasteiger charge is -2.29. The zero-order valence-electron chi connectivity index (χ0n) is 41.5. The maximum absolute atomic E-state index is 14.2. The number of carboxylic acid groups (broad SMARTS) is 1. The van der Waals surface area contributed by atoms with Crippen LogP contribution in [0.3, 0.4) is 0 Å². The van der Waals surface area contributed by atoms with E-state index in [9.17, 15) is 53.1 Å². The molecule has 0 bridgehead atoms. The normalized spacial score (nSPS) is 14.6. The number of carboxylic acids is 1. The van der Waals surface area contributed by atoms with Gasteiger partial charge in [-0.15, -0.1) is 0 Å². The van der Waals surface area contributed by atoms with Crippen LogP contribution in [-0.4, -0.2) is 162 Å². The number of aliphatic carboxylic acids is 1. The first-order valence-corrected chi connectivity index (χ1v) is 23.2. The molecule has 0 spiro atoms. The molecular formula is C44H74N16O12. The Balaban J connectivity index is 3.45. The number of nitrogens with two attached hydrogens (primary N) is 5. The lowest BCUT2D eigenvalue weighted by Crippen LogP contribution is -2.62. The average molecular weight is 1020 g/mol. The van der Waals surface area contributed by atoms with Gasteiger partial charge in [0.25, 0.3) is 0 Å². The molecular weight excluding hydrogens is 945 g/mol. The second-order valence-electron chi connectivity index (χ2n) is 17.3. The predicted molar refractivity (Wildman–Crippen MR) is 263 cm³/mol. The number of amides is 9. The van der Waals surface area contributed by atoms with Crippen molar-refractivity contribution in [3.05, 3.63) is 35.9 Å². The summed E-state index contributed by atoms with van der Waals surface area (Å²) in [5, 5.41) is 42.0. The van der Waals surface area contributed by atoms with Crippen LogP contribution in [0.25, 0.3) is 0 Å². The van der Waals surface area contributed by atoms with Crippen molar-refractivity contribution in [1.29, 1.82) is 0 Å². The number of hydrogen-bond donors (Lipinski definition) is 16. The zero-order valence-corrected chi connectivity index (χ0v) is 41.5. The molecule has 0 aliphatic heterocycles. The molecule has 72 heavy (non-hydrogen) atoms. The Bertz CT molecular complexity index is 2070. The molecule has 1 rings (SSSR count). The predicted octanol–water partition coefficient (Wildman–Crippen LogP) is -6.14. The fourth-order valence-electron chi connectivity index (χ4n) is 6.48. The molecule has 1 aromatic carbocycles. The Labute approximate surface area is 417 Å². The van der Waals surface area contributed by atoms with Crippen molar-refractivity contribution in [3.8, 4) is 0 Å². The van der Waals surface area contributed by atoms with Gasteiger partial charge >= 0.3 is 5.97 Å². The number of hydrogen-bond acceptors (Lipinski definition) is 14. The van der Waals surface area contributed by atoms with Gasteiger partial charge in [0.2, 0.25) is 53.2 Å². The highest BCUT2D eigenvalue weighted by Crippen LogP contribution is 2.11. The average Bonchev–Trinajstić information content (AvgIpc) is 3.30. The van der Waals surface area contributed by atoms with Crippen LogP contribution >= 0.6 is 0 Å². The SMILES string of the molecule is CC(C)C[C@H](NC(=O)[C@@H](NC(=O)[C@H](CCCN=C(N)N)NC(=O)[C@H](C)NC(=O)[C@H](C)NC(=O)CN)[C@@H](C)O)C(=O)N[C@@H](CCCN=C(N)N)C(=O)N[C@@H](Cc1ccccc1)C(=O)NCC(=O)N[C@@H](C)C(=O)O. The highest BCUT2D eigenvalue weighted by molar-refractivity contribution is 5.98. The van der Waals surface area contributed by atoms with E-state index in [0.29, 0.717) is 5.56 Å². The summed E-state index contributed by atoms with van der Waals surface area (Å²) in [7, 11) is 0. The van der Waals surface area contributed by atoms with Gasteiger partial charge in [0.05, 0.1) is 19.2 Å². The highest BCUT2D eigenvalue weighted by atomic mass is 16.4. The first-order valence-electron chi connectivity index (χ1n) is 23.2. The first-order chi connectivity index (χ1) is 33.7. The molecule has 0 aliphatic carbocycles. The van der Waals surface area contributed by atoms with E-state index in [1.54, 1.807) is 44.2 Å². The van der Waals surface area contributed by atoms with Gasteiger partial charge in [-0.05, 0) is 71.3 Å². The summed E-state index contributed by atoms with van der Waals surface area (Å²) in [4.78, 5) is 139. The summed E-state index contributed by atoms with van der Waals surface area (Å²) in [6, 6.07) is -2.29. The van der Waals surface area contributed by atoms with Crippen LogP contribution in [0, 0.1) is 5.92 Å². The fourth-order valence-corrected chi connectivity index (χ4v) is 6.48. The number of nitrogens with one attached hydrogen (secondary N) is 9. The van der Waals surface area contributed by atoms with Gasteiger partial charge in [-0.3, -0.25) is 57.9 Å². The standard InChI is InChI=1S/C44H74N16O12/c1-22(2)18-30(59-41(70)34(26(6)61)60-39(68)29(15-11-17-51-44(48)49)56-36(65)24(4)55-35(64)23(3)53-32(62)20-45)40(69)57-28(14-10-16-50-43(46)47)38(67)58-31(19-27-12-8-7-9-13-27)37(66)52-21-33(63)54-25(5)42(71)72/h7-9,12-13,22-26,28-31,34,61H,10-11,14-21,45H2,1-6H3,(H,52,66)(H,53,62)(H,54,63)(H,55,64)(H,56,65)(H,57,69)(H,58,67)(H,59,70)(H,60,68)(H,71,72)(H4,46,47,50)(H4,48,49,51)/t23-,24-,25-,26+,28-,29-,30-,31-,34-/m0/s1. The second-order valence-corrected chi connectivity index (χ2v) is 17.3. The number of carbonyl (C=O) groups excluding carboxylic acids is 9. The minimum atomic E-state index is -1.73. The van der Waals surface area contributed by atoms with Crippen LogP contribution in [0.5, 0.6) is 0 Å². The van der Waals surface area contributed by atoms with Gasteiger partial charge in [-0.1, -0.05) is 44.2 Å². The molecule has 0 saturated heterocycles. The van der Waals surface area contributed by atoms with Crippen LogP contribution in [-0.2, 0) is 54.4 Å². The molecule has 0 heterocycles. The Morgan fingerprint density at radius 2 is 1.00 bits per heavy atom. The molecule has 9 amide bonds. The smallest absolute Gasteiger partial charge is 0.325 e. The summed E-state index contributed by atoms with van der Waals surface area (Å²) in [5.74, 6) is -9.58. The molecule has 0 saturated carbocycles. The molecule has 0 radical (unpaired) electrons. The van der Waals surface area contributed by atoms with Crippen molar-refractivity contribution in [2.24, 2.45) is 44.6 Å². The van der Waals surface area contributed by atoms with Crippen molar-refractivity contribution < 1.29 is 58.2 Å². The van der Waals surface area contributed by atoms with Crippen molar-refractivity contribution >= 4 is 71.1 Å². The zero-order chi connectivity index (χ0) is 54.7. The van der Waals surface area contributed by atoms with Gasteiger partial charge in [0.1, 0.15) is 48.3 Å². The van der Waals surface area contributed by atoms with Crippen LogP contribution in [0.1, 0.15) is 79.2 Å². The Kier molecular flexibility index (Phi) is 28.0. The summed E-state index contributed by atoms with van der Waals surface area (Å²) < 4.78 is 0. The molecule has 0 aromatic heterocycles. The van der Waals surface area contributed by atoms with E-state index in [2.05, 4.69) is 57.8 Å². The highest BCUT2D eigenvalue weighted by Gasteiger charge is 2.35. The quantitative estimate of drug-likeness (QED) is 0.0181. The summed E-state index contributed by atoms with van der Waals surface area (Å²) >= 11 is 0. The van der Waals surface area contributed by atoms with Gasteiger partial charge < -0.3 is 86.7 Å². The molecule has 28 nitrogen and oxygen atoms in total. The Morgan fingerprint density at radius 1 is 0.542 bits per heavy atom. The number of aliphatic hydroxyl groups excluding tert-OH is 1. The van der Waals surface area contributed by atoms with E-state index in [1.165, 1.54) is 27.7 Å². The van der Waals surface area contributed by atoms with Gasteiger partial charge in [-0.25, -0.2) is 0 Å². The minimum Gasteiger partial charge on any atom is -0.480 e. The van der Waals surface area contributed by atoms with Gasteiger partial charge in [-0.2, -0.15) is 0 Å². The van der Waals surface area contributed by atoms with E-state index in [-0.39, 0.29) is 76.0 Å². The topological polar surface area (TPSA) is 474 Å². The molecule has 0 aliphatic rings. The van der Waals surface area contributed by atoms with Gasteiger partial charge in [0.15, 0.2) is 11.9 Å². The van der Waals surface area contributed by atoms with Crippen LogP contribution in [0.2, 0.25) is 0 Å². The van der Waals surface area contributed by atoms with Crippen LogP contribution in [0.15, 0.2) is 40.3 Å². The molecule has 0 unspecified atom stereocenters. The molecule has 0 fully saturated rings. The molecule has 1 aromatic rings. The van der Waals surface area contributed by atoms with E-state index in [4.69, 9.17) is 33.8 Å². The van der Waals surface area contributed by atoms with Crippen molar-refractivity contribution in [2.75, 3.05) is 26.2 Å². The molecule has 28 heteroatoms. The van der Waals surface area contributed by atoms with E-state index >= 15 is 0 Å². The fraction of sp³-hybridized carbons (Fsp3) is 0.591. The second kappa shape index (κ2) is 32.3. The van der Waals surface area contributed by atoms with Crippen molar-refractivity contribution in [3.63, 3.8) is 0 Å². The Hall–Kier alpha value is -7.62. The number of nitrogens with zero attached hydrogens (tertiary/aromatic N) is 2. The van der Waals surface area contributed by atoms with Crippen LogP contribution < -0.4 is 76.5 Å². The Morgan fingerprint density at radius 3 is 1.50 bits per heavy atom. The number of carbonyl (C=O) groups is 10. The summed E-state index contributed by atoms with van der Waals surface area (Å²) in [6.07, 6.45) is -1.63. The molecule has 21 N–H and O–H groups in total. The number of aliphatic imine (C=N–C) groups is 2.